The molecule has 2 N–H and O–H groups in total. The van der Waals surface area contributed by atoms with Crippen molar-refractivity contribution < 1.29 is 9.47 Å². The van der Waals surface area contributed by atoms with Gasteiger partial charge < -0.3 is 15.2 Å². The molecule has 21 heavy (non-hydrogen) atoms. The predicted molar refractivity (Wildman–Crippen MR) is 83.2 cm³/mol. The molecular weight excluding hydrogens is 284 g/mol. The first-order chi connectivity index (χ1) is 10.2. The minimum Gasteiger partial charge on any atom is -0.486 e. The van der Waals surface area contributed by atoms with Crippen molar-refractivity contribution >= 4 is 11.8 Å². The molecular formula is C16H18N2O2S. The summed E-state index contributed by atoms with van der Waals surface area (Å²) in [5, 5.41) is 0. The van der Waals surface area contributed by atoms with Crippen molar-refractivity contribution in [1.29, 1.82) is 0 Å². The van der Waals surface area contributed by atoms with Gasteiger partial charge in [-0.2, -0.15) is 0 Å². The normalized spacial score (nSPS) is 13.3. The van der Waals surface area contributed by atoms with Crippen LogP contribution in [0.2, 0.25) is 0 Å². The lowest BCUT2D eigenvalue weighted by molar-refractivity contribution is 0.171. The molecule has 0 bridgehead atoms. The van der Waals surface area contributed by atoms with Gasteiger partial charge in [-0.25, -0.2) is 0 Å². The van der Waals surface area contributed by atoms with E-state index in [0.29, 0.717) is 19.8 Å². The summed E-state index contributed by atoms with van der Waals surface area (Å²) in [5.74, 6) is 1.62. The first-order valence-electron chi connectivity index (χ1n) is 6.92. The van der Waals surface area contributed by atoms with Crippen molar-refractivity contribution in [1.82, 2.24) is 4.98 Å². The van der Waals surface area contributed by atoms with E-state index >= 15 is 0 Å². The fourth-order valence-corrected chi connectivity index (χ4v) is 3.51. The van der Waals surface area contributed by atoms with Gasteiger partial charge in [0.2, 0.25) is 0 Å². The van der Waals surface area contributed by atoms with Gasteiger partial charge in [0.05, 0.1) is 0 Å². The molecule has 2 heterocycles. The molecule has 4 nitrogen and oxygen atoms in total. The summed E-state index contributed by atoms with van der Waals surface area (Å²) in [6.07, 6.45) is 0. The molecule has 1 aromatic heterocycles. The second-order valence-corrected chi connectivity index (χ2v) is 6.05. The van der Waals surface area contributed by atoms with E-state index < -0.39 is 0 Å². The minimum absolute atomic E-state index is 0.492. The first kappa shape index (κ1) is 14.2. The quantitative estimate of drug-likeness (QED) is 0.944. The molecule has 1 aromatic carbocycles. The number of aromatic nitrogens is 1. The van der Waals surface area contributed by atoms with Gasteiger partial charge in [0, 0.05) is 33.3 Å². The number of pyridine rings is 1. The number of aryl methyl sites for hydroxylation is 2. The summed E-state index contributed by atoms with van der Waals surface area (Å²) in [6.45, 7) is 5.71. The number of fused-ring (bicyclic) bond motifs is 1. The van der Waals surface area contributed by atoms with Crippen LogP contribution in [0.3, 0.4) is 0 Å². The zero-order valence-corrected chi connectivity index (χ0v) is 13.0. The largest absolute Gasteiger partial charge is 0.486 e. The van der Waals surface area contributed by atoms with Gasteiger partial charge in [-0.3, -0.25) is 4.98 Å². The second-order valence-electron chi connectivity index (χ2n) is 4.94. The van der Waals surface area contributed by atoms with Crippen LogP contribution in [-0.4, -0.2) is 18.2 Å². The van der Waals surface area contributed by atoms with Crippen LogP contribution in [0.4, 0.5) is 0 Å². The van der Waals surface area contributed by atoms with Crippen LogP contribution in [0.5, 0.6) is 11.5 Å². The van der Waals surface area contributed by atoms with Crippen molar-refractivity contribution in [2.45, 2.75) is 30.2 Å². The Morgan fingerprint density at radius 3 is 2.67 bits per heavy atom. The van der Waals surface area contributed by atoms with Gasteiger partial charge >= 0.3 is 0 Å². The van der Waals surface area contributed by atoms with Gasteiger partial charge in [0.25, 0.3) is 0 Å². The Bertz CT molecular complexity index is 674. The standard InChI is InChI=1S/C16H18N2O2S/c1-10-7-16(13(9-17)11(2)18-10)21-12-3-4-14-15(8-12)20-6-5-19-14/h3-4,7-8H,5-6,9,17H2,1-2H3. The highest BCUT2D eigenvalue weighted by atomic mass is 32.2. The van der Waals surface area contributed by atoms with E-state index in [-0.39, 0.29) is 0 Å². The Morgan fingerprint density at radius 1 is 1.14 bits per heavy atom. The van der Waals surface area contributed by atoms with Crippen molar-refractivity contribution in [2.24, 2.45) is 5.73 Å². The molecule has 0 amide bonds. The van der Waals surface area contributed by atoms with E-state index in [9.17, 15) is 0 Å². The zero-order chi connectivity index (χ0) is 14.8. The number of hydrogen-bond donors (Lipinski definition) is 1. The Kier molecular flexibility index (Phi) is 4.03. The summed E-state index contributed by atoms with van der Waals surface area (Å²) in [7, 11) is 0. The Hall–Kier alpha value is -1.72. The van der Waals surface area contributed by atoms with Crippen LogP contribution in [0.25, 0.3) is 0 Å². The molecule has 110 valence electrons. The predicted octanol–water partition coefficient (Wildman–Crippen LogP) is 3.08. The molecule has 2 aromatic rings. The van der Waals surface area contributed by atoms with E-state index in [0.717, 1.165) is 38.2 Å². The van der Waals surface area contributed by atoms with Crippen molar-refractivity contribution in [3.63, 3.8) is 0 Å². The first-order valence-corrected chi connectivity index (χ1v) is 7.73. The van der Waals surface area contributed by atoms with E-state index in [1.54, 1.807) is 11.8 Å². The molecule has 0 spiro atoms. The smallest absolute Gasteiger partial charge is 0.162 e. The maximum absolute atomic E-state index is 5.87. The van der Waals surface area contributed by atoms with Crippen LogP contribution in [0.15, 0.2) is 34.1 Å². The van der Waals surface area contributed by atoms with E-state index in [2.05, 4.69) is 11.1 Å². The molecule has 1 aliphatic heterocycles. The fourth-order valence-electron chi connectivity index (χ4n) is 2.37. The lowest BCUT2D eigenvalue weighted by Crippen LogP contribution is -2.15. The molecule has 3 rings (SSSR count). The monoisotopic (exact) mass is 302 g/mol. The summed E-state index contributed by atoms with van der Waals surface area (Å²) < 4.78 is 11.2. The topological polar surface area (TPSA) is 57.4 Å². The summed E-state index contributed by atoms with van der Waals surface area (Å²) in [6, 6.07) is 8.10. The third-order valence-corrected chi connectivity index (χ3v) is 4.44. The van der Waals surface area contributed by atoms with E-state index in [1.165, 1.54) is 0 Å². The molecule has 1 aliphatic rings. The fraction of sp³-hybridized carbons (Fsp3) is 0.312. The Morgan fingerprint density at radius 2 is 1.90 bits per heavy atom. The highest BCUT2D eigenvalue weighted by Crippen LogP contribution is 2.38. The number of nitrogens with two attached hydrogens (primary N) is 1. The molecule has 0 unspecified atom stereocenters. The maximum atomic E-state index is 5.87. The van der Waals surface area contributed by atoms with Crippen LogP contribution < -0.4 is 15.2 Å². The summed E-state index contributed by atoms with van der Waals surface area (Å²) in [5.41, 5.74) is 8.97. The maximum Gasteiger partial charge on any atom is 0.162 e. The van der Waals surface area contributed by atoms with E-state index in [4.69, 9.17) is 15.2 Å². The highest BCUT2D eigenvalue weighted by Gasteiger charge is 2.14. The number of hydrogen-bond acceptors (Lipinski definition) is 5. The molecule has 0 atom stereocenters. The third-order valence-electron chi connectivity index (χ3n) is 3.36. The van der Waals surface area contributed by atoms with Crippen LogP contribution in [-0.2, 0) is 6.54 Å². The summed E-state index contributed by atoms with van der Waals surface area (Å²) >= 11 is 1.68. The van der Waals surface area contributed by atoms with Crippen LogP contribution in [0, 0.1) is 13.8 Å². The number of rotatable bonds is 3. The molecule has 0 aliphatic carbocycles. The average molecular weight is 302 g/mol. The van der Waals surface area contributed by atoms with Gasteiger partial charge in [-0.15, -0.1) is 0 Å². The number of benzene rings is 1. The SMILES string of the molecule is Cc1cc(Sc2ccc3c(c2)OCCO3)c(CN)c(C)n1. The zero-order valence-electron chi connectivity index (χ0n) is 12.2. The van der Waals surface area contributed by atoms with Gasteiger partial charge in [-0.05, 0) is 38.1 Å². The molecule has 0 saturated heterocycles. The van der Waals surface area contributed by atoms with Gasteiger partial charge in [0.15, 0.2) is 11.5 Å². The van der Waals surface area contributed by atoms with E-state index in [1.807, 2.05) is 32.0 Å². The van der Waals surface area contributed by atoms with Crippen LogP contribution >= 0.6 is 11.8 Å². The molecule has 5 heteroatoms. The van der Waals surface area contributed by atoms with Crippen molar-refractivity contribution in [3.8, 4) is 11.5 Å². The Balaban J connectivity index is 1.93. The highest BCUT2D eigenvalue weighted by molar-refractivity contribution is 7.99. The Labute approximate surface area is 128 Å². The van der Waals surface area contributed by atoms with Crippen molar-refractivity contribution in [3.05, 3.63) is 41.2 Å². The molecule has 0 fully saturated rings. The molecule has 0 radical (unpaired) electrons. The lowest BCUT2D eigenvalue weighted by Gasteiger charge is -2.19. The van der Waals surface area contributed by atoms with Gasteiger partial charge in [0.1, 0.15) is 13.2 Å². The minimum atomic E-state index is 0.492. The second kappa shape index (κ2) is 5.95. The summed E-state index contributed by atoms with van der Waals surface area (Å²) in [4.78, 5) is 6.74. The van der Waals surface area contributed by atoms with Crippen molar-refractivity contribution in [2.75, 3.05) is 13.2 Å². The molecule has 0 saturated carbocycles. The van der Waals surface area contributed by atoms with Crippen LogP contribution in [0.1, 0.15) is 17.0 Å². The number of nitrogens with zero attached hydrogens (tertiary/aromatic N) is 1. The number of ether oxygens (including phenoxy) is 2. The average Bonchev–Trinajstić information content (AvgIpc) is 2.47. The lowest BCUT2D eigenvalue weighted by atomic mass is 10.2. The third kappa shape index (κ3) is 2.99. The van der Waals surface area contributed by atoms with Gasteiger partial charge in [-0.1, -0.05) is 11.8 Å².